The number of carbonyl (C=O) groups excluding carboxylic acids is 1. The number of hydrogen-bond donors (Lipinski definition) is 3. The molecule has 1 aromatic carbocycles. The number of aromatic nitrogens is 4. The molecule has 1 amide bonds. The zero-order chi connectivity index (χ0) is 21.6. The van der Waals surface area contributed by atoms with Crippen molar-refractivity contribution in [1.29, 1.82) is 0 Å². The molecule has 162 valence electrons. The molecular weight excluding hydrogens is 416 g/mol. The third-order valence-corrected chi connectivity index (χ3v) is 5.48. The van der Waals surface area contributed by atoms with Crippen molar-refractivity contribution >= 4 is 35.0 Å². The number of carbonyl (C=O) groups is 1. The molecule has 31 heavy (non-hydrogen) atoms. The number of rotatable bonds is 8. The maximum atomic E-state index is 12.5. The second-order valence-electron chi connectivity index (χ2n) is 7.51. The first-order valence-corrected chi connectivity index (χ1v) is 10.6. The van der Waals surface area contributed by atoms with Gasteiger partial charge in [0, 0.05) is 25.8 Å². The van der Waals surface area contributed by atoms with Crippen LogP contribution >= 0.6 is 11.6 Å². The summed E-state index contributed by atoms with van der Waals surface area (Å²) in [7, 11) is 0. The average Bonchev–Trinajstić information content (AvgIpc) is 3.44. The molecule has 1 fully saturated rings. The van der Waals surface area contributed by atoms with E-state index in [-0.39, 0.29) is 12.5 Å². The molecule has 3 aromatic rings. The molecule has 1 atom stereocenters. The Morgan fingerprint density at radius 2 is 2.10 bits per heavy atom. The number of likely N-dealkylation sites (tertiary alicyclic amines) is 1. The molecule has 0 saturated carbocycles. The first-order valence-electron chi connectivity index (χ1n) is 10.2. The Bertz CT molecular complexity index is 1030. The van der Waals surface area contributed by atoms with E-state index in [4.69, 9.17) is 17.3 Å². The summed E-state index contributed by atoms with van der Waals surface area (Å²) in [6.45, 7) is 2.87. The lowest BCUT2D eigenvalue weighted by Gasteiger charge is -2.16. The quantitative estimate of drug-likeness (QED) is 0.493. The Balaban J connectivity index is 1.35. The van der Waals surface area contributed by atoms with Crippen LogP contribution in [0.15, 0.2) is 48.9 Å². The van der Waals surface area contributed by atoms with Gasteiger partial charge >= 0.3 is 0 Å². The van der Waals surface area contributed by atoms with Gasteiger partial charge in [-0.15, -0.1) is 0 Å². The van der Waals surface area contributed by atoms with Crippen LogP contribution in [0.25, 0.3) is 0 Å². The highest BCUT2D eigenvalue weighted by molar-refractivity contribution is 6.32. The summed E-state index contributed by atoms with van der Waals surface area (Å²) in [6, 6.07) is 9.98. The molecule has 1 aliphatic rings. The highest BCUT2D eigenvalue weighted by Gasteiger charge is 2.25. The van der Waals surface area contributed by atoms with Gasteiger partial charge in [0.15, 0.2) is 5.82 Å². The summed E-state index contributed by atoms with van der Waals surface area (Å²) >= 11 is 6.23. The third-order valence-electron chi connectivity index (χ3n) is 5.21. The summed E-state index contributed by atoms with van der Waals surface area (Å²) in [4.78, 5) is 23.0. The van der Waals surface area contributed by atoms with Gasteiger partial charge in [-0.05, 0) is 24.4 Å². The molecule has 3 heterocycles. The van der Waals surface area contributed by atoms with E-state index >= 15 is 0 Å². The van der Waals surface area contributed by atoms with Crippen LogP contribution in [0.3, 0.4) is 0 Å². The van der Waals surface area contributed by atoms with Crippen LogP contribution in [0.5, 0.6) is 0 Å². The fraction of sp³-hybridized carbons (Fsp3) is 0.333. The van der Waals surface area contributed by atoms with E-state index in [2.05, 4.69) is 25.7 Å². The molecule has 0 bridgehead atoms. The van der Waals surface area contributed by atoms with Crippen LogP contribution in [-0.2, 0) is 17.9 Å². The normalized spacial score (nSPS) is 15.8. The monoisotopic (exact) mass is 440 g/mol. The molecule has 9 nitrogen and oxygen atoms in total. The van der Waals surface area contributed by atoms with Gasteiger partial charge in [-0.1, -0.05) is 41.9 Å². The fourth-order valence-corrected chi connectivity index (χ4v) is 3.62. The predicted molar refractivity (Wildman–Crippen MR) is 120 cm³/mol. The van der Waals surface area contributed by atoms with Crippen molar-refractivity contribution in [3.63, 3.8) is 0 Å². The Kier molecular flexibility index (Phi) is 6.63. The number of amides is 1. The Hall–Kier alpha value is -3.17. The van der Waals surface area contributed by atoms with E-state index in [1.807, 2.05) is 35.2 Å². The first-order chi connectivity index (χ1) is 15.1. The molecule has 0 aliphatic carbocycles. The van der Waals surface area contributed by atoms with Gasteiger partial charge in [-0.2, -0.15) is 10.1 Å². The Morgan fingerprint density at radius 1 is 1.26 bits per heavy atom. The summed E-state index contributed by atoms with van der Waals surface area (Å²) in [5, 5.41) is 11.0. The molecular formula is C21H25ClN8O. The van der Waals surface area contributed by atoms with E-state index in [1.165, 1.54) is 0 Å². The van der Waals surface area contributed by atoms with E-state index in [0.29, 0.717) is 41.5 Å². The van der Waals surface area contributed by atoms with Crippen molar-refractivity contribution in [3.05, 3.63) is 59.5 Å². The molecule has 4 N–H and O–H groups in total. The molecule has 0 unspecified atom stereocenters. The lowest BCUT2D eigenvalue weighted by molar-refractivity contribution is -0.131. The number of nitrogens with zero attached hydrogens (tertiary/aromatic N) is 5. The number of nitrogens with two attached hydrogens (primary N) is 1. The van der Waals surface area contributed by atoms with Gasteiger partial charge in [0.05, 0.1) is 18.1 Å². The summed E-state index contributed by atoms with van der Waals surface area (Å²) in [5.41, 5.74) is 7.51. The maximum absolute atomic E-state index is 12.5. The van der Waals surface area contributed by atoms with Crippen LogP contribution in [-0.4, -0.2) is 50.2 Å². The summed E-state index contributed by atoms with van der Waals surface area (Å²) in [5.74, 6) is 1.36. The maximum Gasteiger partial charge on any atom is 0.244 e. The van der Waals surface area contributed by atoms with Crippen molar-refractivity contribution in [2.75, 3.05) is 30.3 Å². The van der Waals surface area contributed by atoms with E-state index in [0.717, 1.165) is 25.1 Å². The predicted octanol–water partition coefficient (Wildman–Crippen LogP) is 2.49. The molecule has 1 saturated heterocycles. The van der Waals surface area contributed by atoms with Gasteiger partial charge in [0.2, 0.25) is 11.9 Å². The highest BCUT2D eigenvalue weighted by atomic mass is 35.5. The average molecular weight is 441 g/mol. The molecule has 2 aromatic heterocycles. The topological polar surface area (TPSA) is 114 Å². The first kappa shape index (κ1) is 21.1. The largest absolute Gasteiger partial charge is 0.365 e. The highest BCUT2D eigenvalue weighted by Crippen LogP contribution is 2.22. The van der Waals surface area contributed by atoms with Crippen LogP contribution in [0.1, 0.15) is 12.0 Å². The van der Waals surface area contributed by atoms with E-state index < -0.39 is 0 Å². The minimum absolute atomic E-state index is 0.0424. The SMILES string of the molecule is NC[C@@H]1CCN(C(=O)Cn2cc(Nc3ncc(Cl)c(NCc4ccccc4)n3)cn2)C1. The van der Waals surface area contributed by atoms with Gasteiger partial charge < -0.3 is 21.3 Å². The second kappa shape index (κ2) is 9.76. The van der Waals surface area contributed by atoms with E-state index in [9.17, 15) is 4.79 Å². The second-order valence-corrected chi connectivity index (χ2v) is 7.92. The number of benzene rings is 1. The van der Waals surface area contributed by atoms with E-state index in [1.54, 1.807) is 23.3 Å². The molecule has 0 radical (unpaired) electrons. The molecule has 0 spiro atoms. The van der Waals surface area contributed by atoms with Crippen LogP contribution in [0, 0.1) is 5.92 Å². The van der Waals surface area contributed by atoms with Gasteiger partial charge in [-0.25, -0.2) is 4.98 Å². The zero-order valence-electron chi connectivity index (χ0n) is 17.0. The van der Waals surface area contributed by atoms with Gasteiger partial charge in [0.1, 0.15) is 11.6 Å². The zero-order valence-corrected chi connectivity index (χ0v) is 17.8. The van der Waals surface area contributed by atoms with Crippen molar-refractivity contribution in [3.8, 4) is 0 Å². The molecule has 4 rings (SSSR count). The smallest absolute Gasteiger partial charge is 0.244 e. The Morgan fingerprint density at radius 3 is 2.87 bits per heavy atom. The van der Waals surface area contributed by atoms with Gasteiger partial charge in [-0.3, -0.25) is 9.48 Å². The van der Waals surface area contributed by atoms with Crippen LogP contribution in [0.4, 0.5) is 17.5 Å². The lowest BCUT2D eigenvalue weighted by Crippen LogP contribution is -2.32. The lowest BCUT2D eigenvalue weighted by atomic mass is 10.1. The minimum atomic E-state index is 0.0424. The number of anilines is 3. The third kappa shape index (κ3) is 5.50. The fourth-order valence-electron chi connectivity index (χ4n) is 3.47. The summed E-state index contributed by atoms with van der Waals surface area (Å²) in [6.07, 6.45) is 5.89. The van der Waals surface area contributed by atoms with Crippen molar-refractivity contribution < 1.29 is 4.79 Å². The van der Waals surface area contributed by atoms with Gasteiger partial charge in [0.25, 0.3) is 0 Å². The number of nitrogens with one attached hydrogen (secondary N) is 2. The number of hydrogen-bond acceptors (Lipinski definition) is 7. The van der Waals surface area contributed by atoms with Crippen molar-refractivity contribution in [2.45, 2.75) is 19.5 Å². The number of halogens is 1. The molecule has 10 heteroatoms. The van der Waals surface area contributed by atoms with Crippen molar-refractivity contribution in [2.24, 2.45) is 11.7 Å². The van der Waals surface area contributed by atoms with Crippen LogP contribution in [0.2, 0.25) is 5.02 Å². The molecule has 1 aliphatic heterocycles. The Labute approximate surface area is 185 Å². The van der Waals surface area contributed by atoms with Crippen molar-refractivity contribution in [1.82, 2.24) is 24.6 Å². The minimum Gasteiger partial charge on any atom is -0.365 e. The standard InChI is InChI=1S/C21H25ClN8O/c22-18-11-25-21(28-20(18)24-9-15-4-2-1-3-5-15)27-17-10-26-30(13-17)14-19(31)29-7-6-16(8-23)12-29/h1-5,10-11,13,16H,6-9,12,14,23H2,(H2,24,25,27,28)/t16-/m0/s1. The summed E-state index contributed by atoms with van der Waals surface area (Å²) < 4.78 is 1.60. The van der Waals surface area contributed by atoms with Crippen LogP contribution < -0.4 is 16.4 Å².